The molecule has 290 valence electrons. The summed E-state index contributed by atoms with van der Waals surface area (Å²) in [5.41, 5.74) is 21.6. The zero-order valence-electron chi connectivity index (χ0n) is 36.4. The SMILES string of the molecule is CC(C)c1cc(C(C)C)c2c(c1)oc1c(C(C)C)cc(N(c3ccc4c(c3)C(C)(C)c3ccccc3-4)c3ccc4c(c3)C(C)(C)c3cc(C(C)(C)C)ccc3-4)cc12. The molecule has 0 atom stereocenters. The molecule has 2 heteroatoms. The highest BCUT2D eigenvalue weighted by Gasteiger charge is 2.38. The highest BCUT2D eigenvalue weighted by atomic mass is 16.3. The number of benzene rings is 6. The molecule has 0 radical (unpaired) electrons. The van der Waals surface area contributed by atoms with Crippen LogP contribution in [0.15, 0.2) is 108 Å². The summed E-state index contributed by atoms with van der Waals surface area (Å²) in [5.74, 6) is 1.04. The number of hydrogen-bond acceptors (Lipinski definition) is 2. The van der Waals surface area contributed by atoms with Crippen LogP contribution in [-0.4, -0.2) is 0 Å². The van der Waals surface area contributed by atoms with Crippen molar-refractivity contribution in [2.75, 3.05) is 4.90 Å². The molecular weight excluding hydrogens is 691 g/mol. The highest BCUT2D eigenvalue weighted by molar-refractivity contribution is 6.10. The van der Waals surface area contributed by atoms with Crippen LogP contribution in [0, 0.1) is 0 Å². The normalized spacial score (nSPS) is 15.2. The lowest BCUT2D eigenvalue weighted by atomic mass is 9.79. The Balaban J connectivity index is 1.31. The predicted molar refractivity (Wildman–Crippen MR) is 244 cm³/mol. The van der Waals surface area contributed by atoms with Gasteiger partial charge in [-0.1, -0.05) is 151 Å². The van der Waals surface area contributed by atoms with Crippen LogP contribution in [0.5, 0.6) is 0 Å². The van der Waals surface area contributed by atoms with Crippen molar-refractivity contribution in [1.29, 1.82) is 0 Å². The first kappa shape index (κ1) is 37.5. The van der Waals surface area contributed by atoms with E-state index in [1.54, 1.807) is 0 Å². The summed E-state index contributed by atoms with van der Waals surface area (Å²) >= 11 is 0. The van der Waals surface area contributed by atoms with Crippen LogP contribution in [0.25, 0.3) is 44.2 Å². The summed E-state index contributed by atoms with van der Waals surface area (Å²) in [5, 5.41) is 2.45. The minimum atomic E-state index is -0.150. The van der Waals surface area contributed by atoms with E-state index >= 15 is 0 Å². The van der Waals surface area contributed by atoms with Gasteiger partial charge in [-0.15, -0.1) is 0 Å². The molecule has 57 heavy (non-hydrogen) atoms. The van der Waals surface area contributed by atoms with Gasteiger partial charge in [-0.2, -0.15) is 0 Å². The van der Waals surface area contributed by atoms with Crippen LogP contribution in [0.1, 0.15) is 152 Å². The van der Waals surface area contributed by atoms with Crippen molar-refractivity contribution in [1.82, 2.24) is 0 Å². The smallest absolute Gasteiger partial charge is 0.139 e. The zero-order chi connectivity index (χ0) is 40.5. The van der Waals surface area contributed by atoms with E-state index in [0.717, 1.165) is 16.9 Å². The Labute approximate surface area is 340 Å². The predicted octanol–water partition coefficient (Wildman–Crippen LogP) is 16.3. The second-order valence-electron chi connectivity index (χ2n) is 20.1. The largest absolute Gasteiger partial charge is 0.456 e. The summed E-state index contributed by atoms with van der Waals surface area (Å²) in [6.07, 6.45) is 0. The molecular formula is C55H59NO. The molecule has 6 aromatic carbocycles. The topological polar surface area (TPSA) is 16.4 Å². The summed E-state index contributed by atoms with van der Waals surface area (Å²) < 4.78 is 6.93. The third kappa shape index (κ3) is 5.65. The van der Waals surface area contributed by atoms with Gasteiger partial charge in [-0.3, -0.25) is 0 Å². The van der Waals surface area contributed by atoms with E-state index in [-0.39, 0.29) is 22.2 Å². The minimum absolute atomic E-state index is 0.0820. The molecule has 0 spiro atoms. The van der Waals surface area contributed by atoms with Gasteiger partial charge < -0.3 is 9.32 Å². The Morgan fingerprint density at radius 3 is 1.63 bits per heavy atom. The molecule has 1 aromatic heterocycles. The van der Waals surface area contributed by atoms with Gasteiger partial charge in [0, 0.05) is 44.2 Å². The number of anilines is 3. The number of rotatable bonds is 6. The molecule has 0 unspecified atom stereocenters. The lowest BCUT2D eigenvalue weighted by molar-refractivity contribution is 0.584. The molecule has 2 aliphatic rings. The Bertz CT molecular complexity index is 2760. The fourth-order valence-corrected chi connectivity index (χ4v) is 10.0. The molecule has 0 bridgehead atoms. The van der Waals surface area contributed by atoms with E-state index in [4.69, 9.17) is 4.42 Å². The average molecular weight is 750 g/mol. The average Bonchev–Trinajstić information content (AvgIpc) is 3.73. The van der Waals surface area contributed by atoms with E-state index in [2.05, 4.69) is 198 Å². The first-order valence-corrected chi connectivity index (χ1v) is 21.3. The molecule has 0 aliphatic heterocycles. The van der Waals surface area contributed by atoms with Crippen molar-refractivity contribution in [2.45, 2.75) is 124 Å². The monoisotopic (exact) mass is 749 g/mol. The van der Waals surface area contributed by atoms with E-state index in [1.807, 2.05) is 0 Å². The first-order valence-electron chi connectivity index (χ1n) is 21.3. The third-order valence-electron chi connectivity index (χ3n) is 13.5. The summed E-state index contributed by atoms with van der Waals surface area (Å²) in [6, 6.07) is 40.1. The Kier molecular flexibility index (Phi) is 8.36. The molecule has 0 fully saturated rings. The molecule has 0 saturated carbocycles. The van der Waals surface area contributed by atoms with Gasteiger partial charge in [0.25, 0.3) is 0 Å². The lowest BCUT2D eigenvalue weighted by Crippen LogP contribution is -2.19. The van der Waals surface area contributed by atoms with Gasteiger partial charge in [0.15, 0.2) is 0 Å². The maximum Gasteiger partial charge on any atom is 0.139 e. The Morgan fingerprint density at radius 2 is 1.05 bits per heavy atom. The van der Waals surface area contributed by atoms with Crippen molar-refractivity contribution < 1.29 is 4.42 Å². The van der Waals surface area contributed by atoms with Crippen molar-refractivity contribution in [2.24, 2.45) is 0 Å². The molecule has 0 saturated heterocycles. The van der Waals surface area contributed by atoms with Gasteiger partial charge in [-0.25, -0.2) is 0 Å². The Hall–Kier alpha value is -5.08. The molecule has 9 rings (SSSR count). The van der Waals surface area contributed by atoms with Crippen LogP contribution in [0.3, 0.4) is 0 Å². The fraction of sp³-hybridized carbons (Fsp3) is 0.345. The number of nitrogens with zero attached hydrogens (tertiary/aromatic N) is 1. The van der Waals surface area contributed by atoms with Crippen molar-refractivity contribution in [3.8, 4) is 22.3 Å². The maximum atomic E-state index is 6.93. The van der Waals surface area contributed by atoms with Crippen molar-refractivity contribution in [3.05, 3.63) is 148 Å². The maximum absolute atomic E-state index is 6.93. The van der Waals surface area contributed by atoms with E-state index in [1.165, 1.54) is 88.9 Å². The third-order valence-corrected chi connectivity index (χ3v) is 13.5. The zero-order valence-corrected chi connectivity index (χ0v) is 36.4. The molecule has 7 aromatic rings. The van der Waals surface area contributed by atoms with Gasteiger partial charge >= 0.3 is 0 Å². The quantitative estimate of drug-likeness (QED) is 0.168. The molecule has 2 aliphatic carbocycles. The van der Waals surface area contributed by atoms with Crippen LogP contribution in [0.4, 0.5) is 17.1 Å². The highest BCUT2D eigenvalue weighted by Crippen LogP contribution is 2.54. The van der Waals surface area contributed by atoms with E-state index in [0.29, 0.717) is 11.8 Å². The fourth-order valence-electron chi connectivity index (χ4n) is 10.0. The standard InChI is InChI=1S/C55H59NO/c1-31(2)34-24-43(32(3)4)51-45-28-38(27-44(33(5)6)52(45)57-50(51)25-34)56(36-19-22-41-39-16-14-15-17-46(39)54(10,11)48(41)29-36)37-20-23-42-40-21-18-35(53(7,8)9)26-47(40)55(12,13)49(42)30-37/h14-33H,1-13H3. The molecule has 1 heterocycles. The van der Waals surface area contributed by atoms with Crippen LogP contribution in [0.2, 0.25) is 0 Å². The van der Waals surface area contributed by atoms with Gasteiger partial charge in [0.2, 0.25) is 0 Å². The van der Waals surface area contributed by atoms with Crippen molar-refractivity contribution >= 4 is 39.0 Å². The van der Waals surface area contributed by atoms with Crippen LogP contribution >= 0.6 is 0 Å². The number of hydrogen-bond donors (Lipinski definition) is 0. The van der Waals surface area contributed by atoms with Gasteiger partial charge in [-0.05, 0) is 127 Å². The van der Waals surface area contributed by atoms with Gasteiger partial charge in [0.1, 0.15) is 11.2 Å². The number of furan rings is 1. The molecule has 2 nitrogen and oxygen atoms in total. The first-order chi connectivity index (χ1) is 26.9. The lowest BCUT2D eigenvalue weighted by Gasteiger charge is -2.30. The molecule has 0 N–H and O–H groups in total. The summed E-state index contributed by atoms with van der Waals surface area (Å²) in [6.45, 7) is 30.3. The van der Waals surface area contributed by atoms with Crippen LogP contribution < -0.4 is 4.90 Å². The van der Waals surface area contributed by atoms with Gasteiger partial charge in [0.05, 0.1) is 0 Å². The Morgan fingerprint density at radius 1 is 0.509 bits per heavy atom. The minimum Gasteiger partial charge on any atom is -0.456 e. The van der Waals surface area contributed by atoms with Crippen LogP contribution in [-0.2, 0) is 16.2 Å². The molecule has 0 amide bonds. The van der Waals surface area contributed by atoms with Crippen molar-refractivity contribution in [3.63, 3.8) is 0 Å². The van der Waals surface area contributed by atoms with E-state index in [9.17, 15) is 0 Å². The second kappa shape index (κ2) is 12.7. The summed E-state index contributed by atoms with van der Waals surface area (Å²) in [7, 11) is 0. The summed E-state index contributed by atoms with van der Waals surface area (Å²) in [4.78, 5) is 2.53. The second-order valence-corrected chi connectivity index (χ2v) is 20.1. The number of fused-ring (bicyclic) bond motifs is 9. The van der Waals surface area contributed by atoms with E-state index < -0.39 is 0 Å².